The molecule has 126 valence electrons. The maximum absolute atomic E-state index is 12.7. The first-order chi connectivity index (χ1) is 11.5. The summed E-state index contributed by atoms with van der Waals surface area (Å²) in [6.07, 6.45) is 1.55. The van der Waals surface area contributed by atoms with E-state index >= 15 is 0 Å². The van der Waals surface area contributed by atoms with Crippen molar-refractivity contribution in [3.05, 3.63) is 35.7 Å². The van der Waals surface area contributed by atoms with Crippen molar-refractivity contribution >= 4 is 11.8 Å². The van der Waals surface area contributed by atoms with Gasteiger partial charge in [0.05, 0.1) is 0 Å². The minimum atomic E-state index is -0.370. The highest BCUT2D eigenvalue weighted by molar-refractivity contribution is 5.98. The van der Waals surface area contributed by atoms with E-state index in [-0.39, 0.29) is 17.9 Å². The Labute approximate surface area is 140 Å². The SMILES string of the molecule is Cc1noc(-c2ccc(C(=O)N3CCCC3C(=O)N(C)C)cc2)n1. The van der Waals surface area contributed by atoms with E-state index in [0.717, 1.165) is 12.0 Å². The topological polar surface area (TPSA) is 79.5 Å². The average molecular weight is 328 g/mol. The van der Waals surface area contributed by atoms with Gasteiger partial charge >= 0.3 is 0 Å². The van der Waals surface area contributed by atoms with Crippen molar-refractivity contribution in [2.24, 2.45) is 0 Å². The Morgan fingerprint density at radius 2 is 1.96 bits per heavy atom. The molecule has 0 spiro atoms. The molecule has 1 aromatic heterocycles. The first-order valence-electron chi connectivity index (χ1n) is 7.90. The second-order valence-electron chi connectivity index (χ2n) is 6.11. The molecule has 24 heavy (non-hydrogen) atoms. The maximum atomic E-state index is 12.7. The molecule has 7 heteroatoms. The number of likely N-dealkylation sites (tertiary alicyclic amines) is 1. The van der Waals surface area contributed by atoms with Gasteiger partial charge < -0.3 is 14.3 Å². The summed E-state index contributed by atoms with van der Waals surface area (Å²) in [5, 5.41) is 3.76. The van der Waals surface area contributed by atoms with Crippen LogP contribution in [-0.2, 0) is 4.79 Å². The zero-order valence-electron chi connectivity index (χ0n) is 14.0. The monoisotopic (exact) mass is 328 g/mol. The molecule has 0 radical (unpaired) electrons. The number of hydrogen-bond donors (Lipinski definition) is 0. The fraction of sp³-hybridized carbons (Fsp3) is 0.412. The van der Waals surface area contributed by atoms with Crippen molar-refractivity contribution in [3.63, 3.8) is 0 Å². The van der Waals surface area contributed by atoms with Crippen molar-refractivity contribution < 1.29 is 14.1 Å². The number of rotatable bonds is 3. The number of aryl methyl sites for hydroxylation is 1. The summed E-state index contributed by atoms with van der Waals surface area (Å²) >= 11 is 0. The molecule has 1 fully saturated rings. The van der Waals surface area contributed by atoms with Crippen molar-refractivity contribution in [1.82, 2.24) is 19.9 Å². The molecule has 0 N–H and O–H groups in total. The second-order valence-corrected chi connectivity index (χ2v) is 6.11. The highest BCUT2D eigenvalue weighted by atomic mass is 16.5. The van der Waals surface area contributed by atoms with Gasteiger partial charge in [0.2, 0.25) is 5.91 Å². The van der Waals surface area contributed by atoms with Gasteiger partial charge in [-0.2, -0.15) is 4.98 Å². The lowest BCUT2D eigenvalue weighted by Gasteiger charge is -2.26. The summed E-state index contributed by atoms with van der Waals surface area (Å²) in [6, 6.07) is 6.64. The lowest BCUT2D eigenvalue weighted by atomic mass is 10.1. The highest BCUT2D eigenvalue weighted by Crippen LogP contribution is 2.23. The van der Waals surface area contributed by atoms with Gasteiger partial charge in [-0.15, -0.1) is 0 Å². The molecule has 1 saturated heterocycles. The summed E-state index contributed by atoms with van der Waals surface area (Å²) in [5.74, 6) is 0.834. The number of nitrogens with zero attached hydrogens (tertiary/aromatic N) is 4. The Balaban J connectivity index is 1.78. The number of hydrogen-bond acceptors (Lipinski definition) is 5. The van der Waals surface area contributed by atoms with E-state index in [2.05, 4.69) is 10.1 Å². The van der Waals surface area contributed by atoms with E-state index in [1.165, 1.54) is 4.90 Å². The number of benzene rings is 1. The van der Waals surface area contributed by atoms with Crippen LogP contribution in [0.3, 0.4) is 0 Å². The molecule has 0 bridgehead atoms. The lowest BCUT2D eigenvalue weighted by Crippen LogP contribution is -2.45. The third-order valence-electron chi connectivity index (χ3n) is 4.15. The summed E-state index contributed by atoms with van der Waals surface area (Å²) in [4.78, 5) is 32.3. The molecule has 0 aliphatic carbocycles. The van der Waals surface area contributed by atoms with Crippen LogP contribution in [-0.4, -0.2) is 58.4 Å². The van der Waals surface area contributed by atoms with E-state index in [4.69, 9.17) is 4.52 Å². The van der Waals surface area contributed by atoms with E-state index in [0.29, 0.717) is 30.2 Å². The van der Waals surface area contributed by atoms with Gasteiger partial charge in [0, 0.05) is 31.8 Å². The predicted molar refractivity (Wildman–Crippen MR) is 87.2 cm³/mol. The summed E-state index contributed by atoms with van der Waals surface area (Å²) < 4.78 is 5.12. The van der Waals surface area contributed by atoms with Crippen molar-refractivity contribution in [1.29, 1.82) is 0 Å². The maximum Gasteiger partial charge on any atom is 0.257 e. The molecule has 1 aliphatic rings. The minimum Gasteiger partial charge on any atom is -0.347 e. The molecule has 2 amide bonds. The Kier molecular flexibility index (Phi) is 4.33. The van der Waals surface area contributed by atoms with Crippen LogP contribution in [0.2, 0.25) is 0 Å². The Hall–Kier alpha value is -2.70. The van der Waals surface area contributed by atoms with Crippen molar-refractivity contribution in [2.75, 3.05) is 20.6 Å². The standard InChI is InChI=1S/C17H20N4O3/c1-11-18-15(24-19-11)12-6-8-13(9-7-12)16(22)21-10-4-5-14(21)17(23)20(2)3/h6-9,14H,4-5,10H2,1-3H3. The fourth-order valence-electron chi connectivity index (χ4n) is 2.90. The quantitative estimate of drug-likeness (QED) is 0.857. The van der Waals surface area contributed by atoms with Crippen LogP contribution in [0.1, 0.15) is 29.0 Å². The molecule has 1 atom stereocenters. The van der Waals surface area contributed by atoms with Gasteiger partial charge in [0.15, 0.2) is 5.82 Å². The van der Waals surface area contributed by atoms with Gasteiger partial charge in [-0.3, -0.25) is 9.59 Å². The first-order valence-corrected chi connectivity index (χ1v) is 7.90. The molecule has 1 unspecified atom stereocenters. The van der Waals surface area contributed by atoms with Crippen LogP contribution in [0.4, 0.5) is 0 Å². The first kappa shape index (κ1) is 16.2. The number of amides is 2. The van der Waals surface area contributed by atoms with Crippen LogP contribution >= 0.6 is 0 Å². The fourth-order valence-corrected chi connectivity index (χ4v) is 2.90. The number of likely N-dealkylation sites (N-methyl/N-ethyl adjacent to an activating group) is 1. The number of carbonyl (C=O) groups excluding carboxylic acids is 2. The third-order valence-corrected chi connectivity index (χ3v) is 4.15. The second kappa shape index (κ2) is 6.43. The number of carbonyl (C=O) groups is 2. The molecular weight excluding hydrogens is 308 g/mol. The van der Waals surface area contributed by atoms with E-state index in [1.807, 2.05) is 0 Å². The molecule has 2 aromatic rings. The van der Waals surface area contributed by atoms with Gasteiger partial charge in [-0.05, 0) is 44.0 Å². The molecule has 2 heterocycles. The van der Waals surface area contributed by atoms with Crippen LogP contribution in [0.25, 0.3) is 11.5 Å². The predicted octanol–water partition coefficient (Wildman–Crippen LogP) is 1.74. The van der Waals surface area contributed by atoms with E-state index < -0.39 is 0 Å². The minimum absolute atomic E-state index is 0.0289. The van der Waals surface area contributed by atoms with Gasteiger partial charge in [0.1, 0.15) is 6.04 Å². The Bertz CT molecular complexity index is 751. The van der Waals surface area contributed by atoms with Gasteiger partial charge in [0.25, 0.3) is 11.8 Å². The highest BCUT2D eigenvalue weighted by Gasteiger charge is 2.35. The molecule has 1 aliphatic heterocycles. The average Bonchev–Trinajstić information content (AvgIpc) is 3.22. The number of aromatic nitrogens is 2. The molecule has 0 saturated carbocycles. The third kappa shape index (κ3) is 3.02. The van der Waals surface area contributed by atoms with Gasteiger partial charge in [-0.25, -0.2) is 0 Å². The van der Waals surface area contributed by atoms with Gasteiger partial charge in [-0.1, -0.05) is 5.16 Å². The summed E-state index contributed by atoms with van der Waals surface area (Å²) in [6.45, 7) is 2.36. The Morgan fingerprint density at radius 3 is 2.54 bits per heavy atom. The Morgan fingerprint density at radius 1 is 1.25 bits per heavy atom. The summed E-state index contributed by atoms with van der Waals surface area (Å²) in [5.41, 5.74) is 1.31. The molecule has 7 nitrogen and oxygen atoms in total. The normalized spacial score (nSPS) is 17.1. The van der Waals surface area contributed by atoms with E-state index in [1.54, 1.807) is 50.2 Å². The molecule has 1 aromatic carbocycles. The zero-order chi connectivity index (χ0) is 17.3. The lowest BCUT2D eigenvalue weighted by molar-refractivity contribution is -0.132. The van der Waals surface area contributed by atoms with E-state index in [9.17, 15) is 9.59 Å². The van der Waals surface area contributed by atoms with Crippen LogP contribution in [0, 0.1) is 6.92 Å². The molecule has 3 rings (SSSR count). The molecular formula is C17H20N4O3. The summed E-state index contributed by atoms with van der Waals surface area (Å²) in [7, 11) is 3.43. The van der Waals surface area contributed by atoms with Crippen LogP contribution in [0.5, 0.6) is 0 Å². The van der Waals surface area contributed by atoms with Crippen molar-refractivity contribution in [2.45, 2.75) is 25.8 Å². The van der Waals surface area contributed by atoms with Crippen LogP contribution < -0.4 is 0 Å². The van der Waals surface area contributed by atoms with Crippen LogP contribution in [0.15, 0.2) is 28.8 Å². The largest absolute Gasteiger partial charge is 0.347 e. The zero-order valence-corrected chi connectivity index (χ0v) is 14.0. The van der Waals surface area contributed by atoms with Crippen molar-refractivity contribution in [3.8, 4) is 11.5 Å². The smallest absolute Gasteiger partial charge is 0.257 e.